The van der Waals surface area contributed by atoms with Gasteiger partial charge in [-0.3, -0.25) is 0 Å². The van der Waals surface area contributed by atoms with Crippen molar-refractivity contribution in [1.82, 2.24) is 0 Å². The zero-order valence-corrected chi connectivity index (χ0v) is 13.1. The van der Waals surface area contributed by atoms with E-state index >= 15 is 0 Å². The van der Waals surface area contributed by atoms with E-state index in [1.165, 1.54) is 5.56 Å². The Bertz CT molecular complexity index is 433. The molecule has 1 aromatic carbocycles. The third-order valence-corrected chi connectivity index (χ3v) is 5.05. The molecule has 20 heavy (non-hydrogen) atoms. The summed E-state index contributed by atoms with van der Waals surface area (Å²) in [6.07, 6.45) is 5.89. The molecule has 1 N–H and O–H groups in total. The summed E-state index contributed by atoms with van der Waals surface area (Å²) in [5.74, 6) is 0.758. The summed E-state index contributed by atoms with van der Waals surface area (Å²) in [5, 5.41) is 11.1. The summed E-state index contributed by atoms with van der Waals surface area (Å²) in [7, 11) is 0. The van der Waals surface area contributed by atoms with Crippen molar-refractivity contribution in [1.29, 1.82) is 0 Å². The molecule has 0 aliphatic heterocycles. The minimum Gasteiger partial charge on any atom is -0.389 e. The van der Waals surface area contributed by atoms with Crippen LogP contribution in [-0.2, 0) is 0 Å². The predicted molar refractivity (Wildman–Crippen MR) is 85.7 cm³/mol. The molecule has 0 bridgehead atoms. The summed E-state index contributed by atoms with van der Waals surface area (Å²) >= 11 is 0. The van der Waals surface area contributed by atoms with Crippen LogP contribution in [0.2, 0.25) is 0 Å². The van der Waals surface area contributed by atoms with E-state index in [-0.39, 0.29) is 5.92 Å². The molecule has 0 radical (unpaired) electrons. The second-order valence-corrected chi connectivity index (χ2v) is 7.37. The van der Waals surface area contributed by atoms with Gasteiger partial charge in [0.05, 0.1) is 5.60 Å². The molecule has 1 heteroatoms. The van der Waals surface area contributed by atoms with E-state index in [0.717, 1.165) is 25.7 Å². The van der Waals surface area contributed by atoms with Crippen molar-refractivity contribution in [2.45, 2.75) is 58.0 Å². The third kappa shape index (κ3) is 3.15. The van der Waals surface area contributed by atoms with Crippen molar-refractivity contribution < 1.29 is 5.11 Å². The summed E-state index contributed by atoms with van der Waals surface area (Å²) in [6.45, 7) is 10.9. The van der Waals surface area contributed by atoms with Crippen LogP contribution >= 0.6 is 0 Å². The van der Waals surface area contributed by atoms with Crippen LogP contribution in [-0.4, -0.2) is 10.7 Å². The minimum atomic E-state index is -0.620. The molecule has 1 fully saturated rings. The highest BCUT2D eigenvalue weighted by Crippen LogP contribution is 2.46. The number of hydrogen-bond acceptors (Lipinski definition) is 1. The van der Waals surface area contributed by atoms with Crippen LogP contribution < -0.4 is 0 Å². The van der Waals surface area contributed by atoms with Gasteiger partial charge in [0.2, 0.25) is 0 Å². The van der Waals surface area contributed by atoms with Gasteiger partial charge in [0.25, 0.3) is 0 Å². The summed E-state index contributed by atoms with van der Waals surface area (Å²) in [5.41, 5.74) is 0.905. The van der Waals surface area contributed by atoms with E-state index in [9.17, 15) is 5.11 Å². The molecule has 1 nitrogen and oxygen atoms in total. The van der Waals surface area contributed by atoms with Crippen LogP contribution in [0.4, 0.5) is 0 Å². The van der Waals surface area contributed by atoms with E-state index in [4.69, 9.17) is 0 Å². The molecule has 1 saturated carbocycles. The van der Waals surface area contributed by atoms with E-state index in [0.29, 0.717) is 11.3 Å². The van der Waals surface area contributed by atoms with Crippen molar-refractivity contribution in [2.24, 2.45) is 11.3 Å². The normalized spacial score (nSPS) is 28.9. The van der Waals surface area contributed by atoms with Crippen molar-refractivity contribution in [3.05, 3.63) is 48.6 Å². The van der Waals surface area contributed by atoms with Gasteiger partial charge < -0.3 is 5.11 Å². The lowest BCUT2D eigenvalue weighted by Crippen LogP contribution is -2.41. The summed E-state index contributed by atoms with van der Waals surface area (Å²) < 4.78 is 0. The maximum Gasteiger partial charge on any atom is 0.0750 e. The van der Waals surface area contributed by atoms with Crippen LogP contribution in [0, 0.1) is 11.3 Å². The Kier molecular flexibility index (Phi) is 4.39. The van der Waals surface area contributed by atoms with Crippen molar-refractivity contribution >= 4 is 0 Å². The molecule has 1 unspecified atom stereocenters. The summed E-state index contributed by atoms with van der Waals surface area (Å²) in [6, 6.07) is 10.3. The molecule has 0 heterocycles. The standard InChI is InChI=1S/C19H28O/c1-5-17(15-9-7-6-8-10-15)19(20)13-11-16(12-14-19)18(2,3)4/h5-10,16-17,20H,1,11-14H2,2-4H3. The average molecular weight is 272 g/mol. The Morgan fingerprint density at radius 3 is 2.20 bits per heavy atom. The van der Waals surface area contributed by atoms with Gasteiger partial charge in [-0.2, -0.15) is 0 Å². The lowest BCUT2D eigenvalue weighted by Gasteiger charge is -2.44. The smallest absolute Gasteiger partial charge is 0.0750 e. The second kappa shape index (κ2) is 5.73. The van der Waals surface area contributed by atoms with Gasteiger partial charge >= 0.3 is 0 Å². The highest BCUT2D eigenvalue weighted by molar-refractivity contribution is 5.27. The minimum absolute atomic E-state index is 0.0459. The van der Waals surface area contributed by atoms with E-state index in [2.05, 4.69) is 39.5 Å². The Morgan fingerprint density at radius 1 is 1.20 bits per heavy atom. The molecule has 2 rings (SSSR count). The molecule has 1 aliphatic rings. The molecule has 110 valence electrons. The van der Waals surface area contributed by atoms with Crippen molar-refractivity contribution in [2.75, 3.05) is 0 Å². The lowest BCUT2D eigenvalue weighted by molar-refractivity contribution is -0.0357. The fourth-order valence-corrected chi connectivity index (χ4v) is 3.62. The molecule has 1 aliphatic carbocycles. The third-order valence-electron chi connectivity index (χ3n) is 5.05. The Hall–Kier alpha value is -1.08. The topological polar surface area (TPSA) is 20.2 Å². The molecule has 0 aromatic heterocycles. The fourth-order valence-electron chi connectivity index (χ4n) is 3.62. The number of aliphatic hydroxyl groups is 1. The highest BCUT2D eigenvalue weighted by atomic mass is 16.3. The quantitative estimate of drug-likeness (QED) is 0.774. The first-order chi connectivity index (χ1) is 9.37. The molecular weight excluding hydrogens is 244 g/mol. The zero-order valence-electron chi connectivity index (χ0n) is 13.1. The van der Waals surface area contributed by atoms with Gasteiger partial charge in [-0.25, -0.2) is 0 Å². The van der Waals surface area contributed by atoms with E-state index in [1.54, 1.807) is 0 Å². The maximum absolute atomic E-state index is 11.1. The van der Waals surface area contributed by atoms with Crippen LogP contribution in [0.15, 0.2) is 43.0 Å². The maximum atomic E-state index is 11.1. The molecule has 0 spiro atoms. The second-order valence-electron chi connectivity index (χ2n) is 7.37. The first-order valence-corrected chi connectivity index (χ1v) is 7.77. The first-order valence-electron chi connectivity index (χ1n) is 7.77. The summed E-state index contributed by atoms with van der Waals surface area (Å²) in [4.78, 5) is 0. The van der Waals surface area contributed by atoms with Gasteiger partial charge in [0, 0.05) is 5.92 Å². The van der Waals surface area contributed by atoms with Gasteiger partial charge in [0.15, 0.2) is 0 Å². The zero-order chi connectivity index (χ0) is 14.8. The first kappa shape index (κ1) is 15.3. The number of rotatable bonds is 3. The Balaban J connectivity index is 2.14. The van der Waals surface area contributed by atoms with Crippen LogP contribution in [0.3, 0.4) is 0 Å². The monoisotopic (exact) mass is 272 g/mol. The number of hydrogen-bond donors (Lipinski definition) is 1. The SMILES string of the molecule is C=CC(c1ccccc1)C1(O)CCC(C(C)(C)C)CC1. The fraction of sp³-hybridized carbons (Fsp3) is 0.579. The van der Waals surface area contributed by atoms with E-state index in [1.807, 2.05) is 24.3 Å². The molecule has 0 amide bonds. The lowest BCUT2D eigenvalue weighted by atomic mass is 9.64. The predicted octanol–water partition coefficient (Wildman–Crippen LogP) is 4.92. The van der Waals surface area contributed by atoms with Gasteiger partial charge in [0.1, 0.15) is 0 Å². The van der Waals surface area contributed by atoms with E-state index < -0.39 is 5.60 Å². The van der Waals surface area contributed by atoms with Crippen molar-refractivity contribution in [3.8, 4) is 0 Å². The molecule has 1 aromatic rings. The number of benzene rings is 1. The van der Waals surface area contributed by atoms with Crippen LogP contribution in [0.1, 0.15) is 57.9 Å². The van der Waals surface area contributed by atoms with Crippen molar-refractivity contribution in [3.63, 3.8) is 0 Å². The van der Waals surface area contributed by atoms with Gasteiger partial charge in [-0.15, -0.1) is 6.58 Å². The largest absolute Gasteiger partial charge is 0.389 e. The van der Waals surface area contributed by atoms with Gasteiger partial charge in [-0.1, -0.05) is 57.2 Å². The molecular formula is C19H28O. The Morgan fingerprint density at radius 2 is 1.75 bits per heavy atom. The average Bonchev–Trinajstić information content (AvgIpc) is 2.40. The van der Waals surface area contributed by atoms with Crippen LogP contribution in [0.25, 0.3) is 0 Å². The molecule has 1 atom stereocenters. The Labute approximate surface area is 123 Å². The highest BCUT2D eigenvalue weighted by Gasteiger charge is 2.41. The molecule has 0 saturated heterocycles. The van der Waals surface area contributed by atoms with Gasteiger partial charge in [-0.05, 0) is 42.6 Å². The van der Waals surface area contributed by atoms with Crippen LogP contribution in [0.5, 0.6) is 0 Å².